The number of thioether (sulfide) groups is 1. The summed E-state index contributed by atoms with van der Waals surface area (Å²) in [5.74, 6) is 5.27. The number of carbonyl (C=O) groups is 2. The molecule has 1 aliphatic heterocycles. The Morgan fingerprint density at radius 3 is 2.30 bits per heavy atom. The van der Waals surface area contributed by atoms with Crippen molar-refractivity contribution in [3.05, 3.63) is 46.3 Å². The van der Waals surface area contributed by atoms with Crippen molar-refractivity contribution in [3.63, 3.8) is 0 Å². The van der Waals surface area contributed by atoms with E-state index in [0.29, 0.717) is 23.7 Å². The van der Waals surface area contributed by atoms with E-state index in [2.05, 4.69) is 37.1 Å². The Balaban J connectivity index is 2.27. The van der Waals surface area contributed by atoms with Crippen molar-refractivity contribution >= 4 is 40.6 Å². The Labute approximate surface area is 243 Å². The summed E-state index contributed by atoms with van der Waals surface area (Å²) in [6.45, 7) is 15.5. The predicted molar refractivity (Wildman–Crippen MR) is 161 cm³/mol. The Bertz CT molecular complexity index is 1190. The second-order valence-electron chi connectivity index (χ2n) is 11.0. The number of piperidine rings is 1. The number of ether oxygens (including phenoxy) is 1. The minimum absolute atomic E-state index is 0.122. The molecular formula is C29H41N3O6S2. The molecule has 40 heavy (non-hydrogen) atoms. The number of nitrogens with zero attached hydrogens (tertiary/aromatic N) is 3. The number of sulfonamides is 1. The molecule has 2 rings (SSSR count). The molecule has 0 radical (unpaired) electrons. The highest BCUT2D eigenvalue weighted by Crippen LogP contribution is 2.30. The summed E-state index contributed by atoms with van der Waals surface area (Å²) in [7, 11) is -3.67. The molecule has 220 valence electrons. The van der Waals surface area contributed by atoms with Gasteiger partial charge in [0.15, 0.2) is 0 Å². The van der Waals surface area contributed by atoms with Gasteiger partial charge in [0.05, 0.1) is 4.91 Å². The van der Waals surface area contributed by atoms with E-state index in [4.69, 9.17) is 4.74 Å². The van der Waals surface area contributed by atoms with Crippen LogP contribution in [0.5, 0.6) is 0 Å². The molecule has 1 N–H and O–H groups in total. The molecule has 0 aromatic carbocycles. The molecule has 1 amide bonds. The van der Waals surface area contributed by atoms with E-state index >= 15 is 0 Å². The highest BCUT2D eigenvalue weighted by molar-refractivity contribution is 8.07. The first-order valence-corrected chi connectivity index (χ1v) is 15.7. The predicted octanol–water partition coefficient (Wildman–Crippen LogP) is 5.75. The second kappa shape index (κ2) is 15.3. The fourth-order valence-corrected chi connectivity index (χ4v) is 6.04. The maximum Gasteiger partial charge on any atom is 0.414 e. The van der Waals surface area contributed by atoms with E-state index in [0.717, 1.165) is 42.9 Å². The third-order valence-electron chi connectivity index (χ3n) is 6.45. The van der Waals surface area contributed by atoms with E-state index in [9.17, 15) is 23.1 Å². The van der Waals surface area contributed by atoms with Gasteiger partial charge in [0, 0.05) is 42.4 Å². The van der Waals surface area contributed by atoms with Crippen LogP contribution in [0.2, 0.25) is 0 Å². The molecule has 2 fully saturated rings. The Morgan fingerprint density at radius 2 is 1.75 bits per heavy atom. The van der Waals surface area contributed by atoms with Crippen molar-refractivity contribution < 1.29 is 27.9 Å². The molecule has 0 aromatic heterocycles. The standard InChI is InChI=1S/C29H41N3O6S2/c1-22-9-11-25(12-10-22)38-28(35)32(21-26(27(33)34)39-23(2)13-16-29(3,4)5)24-14-18-31(19-15-24)40(36,37)20-8-7-17-30-6/h7-8,17,20-22,24-25H,2,6,9-12,14-15,18-19H2,1,3-5H3,(H,33,34)/b17-7-,20-8+,26-21+. The van der Waals surface area contributed by atoms with Gasteiger partial charge >= 0.3 is 12.1 Å². The van der Waals surface area contributed by atoms with Gasteiger partial charge in [0.1, 0.15) is 11.0 Å². The van der Waals surface area contributed by atoms with Crippen LogP contribution in [0.25, 0.3) is 0 Å². The number of hydrogen-bond donors (Lipinski definition) is 1. The summed E-state index contributed by atoms with van der Waals surface area (Å²) in [4.78, 5) is 30.6. The number of allylic oxidation sites excluding steroid dienone is 3. The van der Waals surface area contributed by atoms with Gasteiger partial charge in [-0.25, -0.2) is 18.0 Å². The molecule has 11 heteroatoms. The first-order valence-electron chi connectivity index (χ1n) is 13.3. The van der Waals surface area contributed by atoms with Gasteiger partial charge in [-0.1, -0.05) is 37.1 Å². The van der Waals surface area contributed by atoms with E-state index < -0.39 is 28.1 Å². The van der Waals surface area contributed by atoms with Gasteiger partial charge in [-0.05, 0) is 84.1 Å². The number of hydrogen-bond acceptors (Lipinski definition) is 7. The molecule has 0 atom stereocenters. The highest BCUT2D eigenvalue weighted by atomic mass is 32.2. The van der Waals surface area contributed by atoms with Crippen LogP contribution in [-0.4, -0.2) is 66.7 Å². The SMILES string of the molecule is C=N/C=C\C=C\S(=O)(=O)N1CCC(N(/C=C(/SC(=C)C#CC(C)(C)C)C(=O)O)C(=O)OC2CCC(C)CC2)CC1. The Morgan fingerprint density at radius 1 is 1.12 bits per heavy atom. The van der Waals surface area contributed by atoms with Gasteiger partial charge in [-0.2, -0.15) is 4.31 Å². The molecule has 0 bridgehead atoms. The lowest BCUT2D eigenvalue weighted by atomic mass is 9.89. The number of carboxylic acids is 1. The minimum Gasteiger partial charge on any atom is -0.477 e. The van der Waals surface area contributed by atoms with Crippen LogP contribution in [-0.2, 0) is 19.6 Å². The quantitative estimate of drug-likeness (QED) is 0.149. The van der Waals surface area contributed by atoms with Crippen molar-refractivity contribution in [2.24, 2.45) is 16.3 Å². The van der Waals surface area contributed by atoms with Crippen molar-refractivity contribution in [1.29, 1.82) is 0 Å². The van der Waals surface area contributed by atoms with E-state index in [1.54, 1.807) is 0 Å². The zero-order valence-corrected chi connectivity index (χ0v) is 25.5. The third kappa shape index (κ3) is 11.4. The monoisotopic (exact) mass is 591 g/mol. The van der Waals surface area contributed by atoms with Crippen LogP contribution >= 0.6 is 11.8 Å². The van der Waals surface area contributed by atoms with Gasteiger partial charge < -0.3 is 9.84 Å². The number of amides is 1. The molecule has 1 aliphatic carbocycles. The first kappa shape index (κ1) is 33.4. The molecule has 0 aromatic rings. The largest absolute Gasteiger partial charge is 0.477 e. The molecular weight excluding hydrogens is 550 g/mol. The number of aliphatic carboxylic acids is 1. The highest BCUT2D eigenvalue weighted by Gasteiger charge is 2.34. The maximum atomic E-state index is 13.4. The normalized spacial score (nSPS) is 21.6. The zero-order chi connectivity index (χ0) is 29.9. The zero-order valence-electron chi connectivity index (χ0n) is 23.8. The first-order chi connectivity index (χ1) is 18.7. The van der Waals surface area contributed by atoms with Gasteiger partial charge in [0.25, 0.3) is 0 Å². The lowest BCUT2D eigenvalue weighted by Crippen LogP contribution is -2.47. The van der Waals surface area contributed by atoms with Gasteiger partial charge in [-0.15, -0.1) is 0 Å². The second-order valence-corrected chi connectivity index (χ2v) is 14.0. The Kier molecular flexibility index (Phi) is 12.7. The fourth-order valence-electron chi connectivity index (χ4n) is 4.24. The summed E-state index contributed by atoms with van der Waals surface area (Å²) in [5.41, 5.74) is -0.285. The van der Waals surface area contributed by atoms with Crippen molar-refractivity contribution in [2.45, 2.75) is 78.4 Å². The van der Waals surface area contributed by atoms with Crippen LogP contribution in [0, 0.1) is 23.2 Å². The lowest BCUT2D eigenvalue weighted by molar-refractivity contribution is -0.131. The summed E-state index contributed by atoms with van der Waals surface area (Å²) in [5, 5.41) is 11.0. The van der Waals surface area contributed by atoms with Gasteiger partial charge in [-0.3, -0.25) is 9.89 Å². The molecule has 1 saturated heterocycles. The van der Waals surface area contributed by atoms with Crippen LogP contribution in [0.1, 0.15) is 66.2 Å². The van der Waals surface area contributed by atoms with E-state index in [1.807, 2.05) is 20.8 Å². The molecule has 9 nitrogen and oxygen atoms in total. The smallest absolute Gasteiger partial charge is 0.414 e. The minimum atomic E-state index is -3.67. The number of aliphatic imine (C=N–C) groups is 1. The van der Waals surface area contributed by atoms with Crippen LogP contribution in [0.4, 0.5) is 4.79 Å². The molecule has 0 unspecified atom stereocenters. The van der Waals surface area contributed by atoms with Crippen molar-refractivity contribution in [3.8, 4) is 11.8 Å². The summed E-state index contributed by atoms with van der Waals surface area (Å²) >= 11 is 0.877. The van der Waals surface area contributed by atoms with Crippen LogP contribution in [0.3, 0.4) is 0 Å². The number of carboxylic acid groups (broad SMARTS) is 1. The molecule has 2 aliphatic rings. The Hall–Kier alpha value is -2.81. The van der Waals surface area contributed by atoms with Crippen LogP contribution in [0.15, 0.2) is 51.3 Å². The van der Waals surface area contributed by atoms with E-state index in [-0.39, 0.29) is 29.5 Å². The average Bonchev–Trinajstić information content (AvgIpc) is 2.88. The van der Waals surface area contributed by atoms with Crippen molar-refractivity contribution in [1.82, 2.24) is 9.21 Å². The lowest BCUT2D eigenvalue weighted by Gasteiger charge is -2.36. The number of carbonyl (C=O) groups excluding carboxylic acids is 1. The van der Waals surface area contributed by atoms with Crippen LogP contribution < -0.4 is 0 Å². The van der Waals surface area contributed by atoms with Crippen molar-refractivity contribution in [2.75, 3.05) is 13.1 Å². The average molecular weight is 592 g/mol. The summed E-state index contributed by atoms with van der Waals surface area (Å²) < 4.78 is 32.6. The van der Waals surface area contributed by atoms with Gasteiger partial charge in [0.2, 0.25) is 10.0 Å². The summed E-state index contributed by atoms with van der Waals surface area (Å²) in [6.07, 6.45) is 8.68. The maximum absolute atomic E-state index is 13.4. The molecule has 0 spiro atoms. The van der Waals surface area contributed by atoms with E-state index in [1.165, 1.54) is 33.8 Å². The third-order valence-corrected chi connectivity index (χ3v) is 8.88. The molecule has 1 heterocycles. The molecule has 1 saturated carbocycles. The fraction of sp³-hybridized carbons (Fsp3) is 0.552. The number of rotatable bonds is 10. The summed E-state index contributed by atoms with van der Waals surface area (Å²) in [6, 6.07) is -0.445. The topological polar surface area (TPSA) is 117 Å².